The maximum absolute atomic E-state index is 12.6. The second-order valence-corrected chi connectivity index (χ2v) is 6.28. The van der Waals surface area contributed by atoms with E-state index in [0.717, 1.165) is 53.9 Å². The van der Waals surface area contributed by atoms with Crippen molar-refractivity contribution in [1.29, 1.82) is 0 Å². The molecule has 1 heterocycles. The van der Waals surface area contributed by atoms with E-state index in [2.05, 4.69) is 19.1 Å². The average molecular weight is 324 g/mol. The first-order valence-corrected chi connectivity index (χ1v) is 8.69. The molecule has 0 aromatic heterocycles. The fraction of sp³-hybridized carbons (Fsp3) is 0.381. The Balaban J connectivity index is 1.53. The Morgan fingerprint density at radius 1 is 1.08 bits per heavy atom. The molecular weight excluding hydrogens is 300 g/mol. The van der Waals surface area contributed by atoms with Gasteiger partial charge >= 0.3 is 0 Å². The van der Waals surface area contributed by atoms with E-state index in [-0.39, 0.29) is 5.78 Å². The summed E-state index contributed by atoms with van der Waals surface area (Å²) in [5.74, 6) is 1.92. The molecule has 2 aromatic rings. The molecule has 0 N–H and O–H groups in total. The Labute approximate surface area is 143 Å². The molecule has 126 valence electrons. The summed E-state index contributed by atoms with van der Waals surface area (Å²) in [6, 6.07) is 12.2. The number of ether oxygens (including phenoxy) is 2. The molecule has 0 amide bonds. The molecule has 0 saturated carbocycles. The first-order chi connectivity index (χ1) is 11.7. The maximum atomic E-state index is 12.6. The number of ketones is 1. The zero-order valence-electron chi connectivity index (χ0n) is 14.4. The quantitative estimate of drug-likeness (QED) is 0.538. The fourth-order valence-corrected chi connectivity index (χ4v) is 3.26. The van der Waals surface area contributed by atoms with E-state index in [4.69, 9.17) is 9.47 Å². The van der Waals surface area contributed by atoms with Gasteiger partial charge in [0.05, 0.1) is 0 Å². The zero-order valence-corrected chi connectivity index (χ0v) is 14.4. The van der Waals surface area contributed by atoms with Gasteiger partial charge in [-0.3, -0.25) is 4.79 Å². The average Bonchev–Trinajstić information content (AvgIpc) is 3.06. The molecule has 0 aliphatic carbocycles. The van der Waals surface area contributed by atoms with E-state index in [0.29, 0.717) is 13.2 Å². The second-order valence-electron chi connectivity index (χ2n) is 6.28. The Kier molecular flexibility index (Phi) is 5.19. The van der Waals surface area contributed by atoms with Gasteiger partial charge in [-0.2, -0.15) is 0 Å². The van der Waals surface area contributed by atoms with Crippen molar-refractivity contribution in [2.75, 3.05) is 6.79 Å². The van der Waals surface area contributed by atoms with Crippen LogP contribution in [0.5, 0.6) is 11.5 Å². The number of unbranched alkanes of at least 4 members (excludes halogenated alkanes) is 1. The molecule has 3 nitrogen and oxygen atoms in total. The van der Waals surface area contributed by atoms with Crippen LogP contribution in [0.1, 0.15) is 53.2 Å². The highest BCUT2D eigenvalue weighted by Gasteiger charge is 2.14. The highest BCUT2D eigenvalue weighted by Crippen LogP contribution is 2.32. The standard InChI is InChI=1S/C21H24O3/c1-3-17-9-6-7-15(2)21(17)18(22)10-5-4-8-16-11-12-19-20(13-16)24-14-23-19/h6-7,9,11-13H,3-5,8,10,14H2,1-2H3. The predicted octanol–water partition coefficient (Wildman–Crippen LogP) is 4.88. The third-order valence-corrected chi connectivity index (χ3v) is 4.58. The molecule has 0 atom stereocenters. The lowest BCUT2D eigenvalue weighted by Gasteiger charge is -2.10. The molecule has 0 bridgehead atoms. The topological polar surface area (TPSA) is 35.5 Å². The van der Waals surface area contributed by atoms with E-state index in [1.165, 1.54) is 5.56 Å². The normalized spacial score (nSPS) is 12.4. The number of carbonyl (C=O) groups is 1. The lowest BCUT2D eigenvalue weighted by molar-refractivity contribution is 0.0978. The highest BCUT2D eigenvalue weighted by atomic mass is 16.7. The van der Waals surface area contributed by atoms with Crippen molar-refractivity contribution in [3.8, 4) is 11.5 Å². The Hall–Kier alpha value is -2.29. The van der Waals surface area contributed by atoms with Crippen LogP contribution in [0.15, 0.2) is 36.4 Å². The van der Waals surface area contributed by atoms with Gasteiger partial charge in [-0.15, -0.1) is 0 Å². The molecule has 2 aromatic carbocycles. The maximum Gasteiger partial charge on any atom is 0.231 e. The van der Waals surface area contributed by atoms with E-state index < -0.39 is 0 Å². The van der Waals surface area contributed by atoms with Gasteiger partial charge in [0.1, 0.15) is 0 Å². The molecule has 0 spiro atoms. The van der Waals surface area contributed by atoms with Crippen LogP contribution in [-0.4, -0.2) is 12.6 Å². The zero-order chi connectivity index (χ0) is 16.9. The summed E-state index contributed by atoms with van der Waals surface area (Å²) >= 11 is 0. The molecule has 0 radical (unpaired) electrons. The van der Waals surface area contributed by atoms with E-state index in [1.54, 1.807) is 0 Å². The largest absolute Gasteiger partial charge is 0.454 e. The monoisotopic (exact) mass is 324 g/mol. The highest BCUT2D eigenvalue weighted by molar-refractivity contribution is 5.98. The SMILES string of the molecule is CCc1cccc(C)c1C(=O)CCCCc1ccc2c(c1)OCO2. The molecule has 1 aliphatic heterocycles. The fourth-order valence-electron chi connectivity index (χ4n) is 3.26. The van der Waals surface area contributed by atoms with Crippen LogP contribution in [0.25, 0.3) is 0 Å². The number of hydrogen-bond acceptors (Lipinski definition) is 3. The lowest BCUT2D eigenvalue weighted by atomic mass is 9.93. The van der Waals surface area contributed by atoms with Crippen molar-refractivity contribution in [2.24, 2.45) is 0 Å². The van der Waals surface area contributed by atoms with E-state index >= 15 is 0 Å². The number of fused-ring (bicyclic) bond motifs is 1. The van der Waals surface area contributed by atoms with Gasteiger partial charge in [0.2, 0.25) is 6.79 Å². The summed E-state index contributed by atoms with van der Waals surface area (Å²) in [7, 11) is 0. The van der Waals surface area contributed by atoms with Crippen molar-refractivity contribution >= 4 is 5.78 Å². The van der Waals surface area contributed by atoms with Gasteiger partial charge < -0.3 is 9.47 Å². The number of Topliss-reactive ketones (excluding diaryl/α,β-unsaturated/α-hetero) is 1. The molecule has 0 saturated heterocycles. The van der Waals surface area contributed by atoms with Crippen molar-refractivity contribution in [2.45, 2.75) is 46.0 Å². The van der Waals surface area contributed by atoms with Crippen LogP contribution < -0.4 is 9.47 Å². The number of hydrogen-bond donors (Lipinski definition) is 0. The third-order valence-electron chi connectivity index (χ3n) is 4.58. The van der Waals surface area contributed by atoms with Crippen LogP contribution in [0.4, 0.5) is 0 Å². The summed E-state index contributed by atoms with van der Waals surface area (Å²) in [6.45, 7) is 4.44. The van der Waals surface area contributed by atoms with Crippen molar-refractivity contribution in [3.05, 3.63) is 58.7 Å². The number of benzene rings is 2. The van der Waals surface area contributed by atoms with E-state index in [9.17, 15) is 4.79 Å². The van der Waals surface area contributed by atoms with Crippen molar-refractivity contribution < 1.29 is 14.3 Å². The minimum Gasteiger partial charge on any atom is -0.454 e. The molecule has 0 fully saturated rings. The molecule has 3 heteroatoms. The minimum atomic E-state index is 0.274. The first-order valence-electron chi connectivity index (χ1n) is 8.69. The van der Waals surface area contributed by atoms with Crippen LogP contribution in [0, 0.1) is 6.92 Å². The summed E-state index contributed by atoms with van der Waals surface area (Å²) in [6.07, 6.45) is 4.38. The summed E-state index contributed by atoms with van der Waals surface area (Å²) in [4.78, 5) is 12.6. The molecule has 1 aliphatic rings. The molecule has 3 rings (SSSR count). The van der Waals surface area contributed by atoms with Gasteiger partial charge in [-0.1, -0.05) is 31.2 Å². The van der Waals surface area contributed by atoms with Crippen LogP contribution in [0.3, 0.4) is 0 Å². The molecule has 0 unspecified atom stereocenters. The van der Waals surface area contributed by atoms with E-state index in [1.807, 2.05) is 31.2 Å². The Morgan fingerprint density at radius 2 is 1.92 bits per heavy atom. The third kappa shape index (κ3) is 3.61. The summed E-state index contributed by atoms with van der Waals surface area (Å²) in [5, 5.41) is 0. The number of rotatable bonds is 7. The number of carbonyl (C=O) groups excluding carboxylic acids is 1. The first kappa shape index (κ1) is 16.6. The smallest absolute Gasteiger partial charge is 0.231 e. The van der Waals surface area contributed by atoms with Gasteiger partial charge in [-0.25, -0.2) is 0 Å². The second kappa shape index (κ2) is 7.52. The Morgan fingerprint density at radius 3 is 2.75 bits per heavy atom. The predicted molar refractivity (Wildman–Crippen MR) is 95.0 cm³/mol. The van der Waals surface area contributed by atoms with Gasteiger partial charge in [-0.05, 0) is 61.4 Å². The lowest BCUT2D eigenvalue weighted by Crippen LogP contribution is -2.06. The minimum absolute atomic E-state index is 0.274. The number of aryl methyl sites for hydroxylation is 3. The van der Waals surface area contributed by atoms with Gasteiger partial charge in [0.15, 0.2) is 17.3 Å². The van der Waals surface area contributed by atoms with Gasteiger partial charge in [0.25, 0.3) is 0 Å². The molecular formula is C21H24O3. The summed E-state index contributed by atoms with van der Waals surface area (Å²) in [5.41, 5.74) is 4.42. The van der Waals surface area contributed by atoms with Crippen LogP contribution >= 0.6 is 0 Å². The van der Waals surface area contributed by atoms with Crippen molar-refractivity contribution in [3.63, 3.8) is 0 Å². The van der Waals surface area contributed by atoms with Crippen molar-refractivity contribution in [1.82, 2.24) is 0 Å². The van der Waals surface area contributed by atoms with Gasteiger partial charge in [0, 0.05) is 12.0 Å². The summed E-state index contributed by atoms with van der Waals surface area (Å²) < 4.78 is 10.7. The van der Waals surface area contributed by atoms with Crippen LogP contribution in [0.2, 0.25) is 0 Å². The Bertz CT molecular complexity index is 734. The van der Waals surface area contributed by atoms with Crippen LogP contribution in [-0.2, 0) is 12.8 Å². The molecule has 24 heavy (non-hydrogen) atoms.